The largest absolute Gasteiger partial charge is 0.493 e. The number of anilines is 1. The van der Waals surface area contributed by atoms with Crippen LogP contribution < -0.4 is 29.0 Å². The van der Waals surface area contributed by atoms with E-state index in [2.05, 4.69) is 5.32 Å². The first kappa shape index (κ1) is 24.0. The van der Waals surface area contributed by atoms with Gasteiger partial charge in [0.2, 0.25) is 5.75 Å². The summed E-state index contributed by atoms with van der Waals surface area (Å²) in [5.74, 6) is 2.37. The lowest BCUT2D eigenvalue weighted by atomic mass is 10.1. The van der Waals surface area contributed by atoms with E-state index >= 15 is 0 Å². The Kier molecular flexibility index (Phi) is 6.81. The van der Waals surface area contributed by atoms with E-state index in [-0.39, 0.29) is 5.91 Å². The number of hydrogen-bond acceptors (Lipinski definition) is 7. The Labute approximate surface area is 214 Å². The van der Waals surface area contributed by atoms with Crippen LogP contribution in [0, 0.1) is 0 Å². The number of aromatic nitrogens is 1. The number of nitrogens with zero attached hydrogens (tertiary/aromatic N) is 1. The Morgan fingerprint density at radius 3 is 2.08 bits per heavy atom. The van der Waals surface area contributed by atoms with Gasteiger partial charge in [-0.05, 0) is 54.6 Å². The molecule has 0 spiro atoms. The molecule has 0 radical (unpaired) electrons. The summed E-state index contributed by atoms with van der Waals surface area (Å²) in [5, 5.41) is 2.94. The quantitative estimate of drug-likeness (QED) is 0.362. The average Bonchev–Trinajstić information content (AvgIpc) is 2.96. The van der Waals surface area contributed by atoms with Gasteiger partial charge in [-0.25, -0.2) is 4.98 Å². The average molecular weight is 499 g/mol. The highest BCUT2D eigenvalue weighted by molar-refractivity contribution is 6.05. The fourth-order valence-corrected chi connectivity index (χ4v) is 4.13. The molecule has 1 aliphatic heterocycles. The summed E-state index contributed by atoms with van der Waals surface area (Å²) in [6.07, 6.45) is 0. The first-order valence-corrected chi connectivity index (χ1v) is 11.7. The van der Waals surface area contributed by atoms with Gasteiger partial charge in [0.05, 0.1) is 32.7 Å². The molecular formula is C29H26N2O6. The van der Waals surface area contributed by atoms with Gasteiger partial charge in [0, 0.05) is 22.4 Å². The number of carbonyl (C=O) groups excluding carboxylic acids is 1. The van der Waals surface area contributed by atoms with Crippen LogP contribution in [-0.4, -0.2) is 45.4 Å². The Hall–Kier alpha value is -4.72. The van der Waals surface area contributed by atoms with Crippen molar-refractivity contribution in [2.75, 3.05) is 39.9 Å². The van der Waals surface area contributed by atoms with E-state index in [0.717, 1.165) is 28.3 Å². The zero-order chi connectivity index (χ0) is 25.8. The minimum absolute atomic E-state index is 0.311. The van der Waals surface area contributed by atoms with E-state index < -0.39 is 0 Å². The Morgan fingerprint density at radius 2 is 1.41 bits per heavy atom. The zero-order valence-electron chi connectivity index (χ0n) is 20.7. The van der Waals surface area contributed by atoms with Crippen LogP contribution >= 0.6 is 0 Å². The molecule has 0 fully saturated rings. The van der Waals surface area contributed by atoms with Crippen LogP contribution in [0.4, 0.5) is 5.69 Å². The van der Waals surface area contributed by atoms with Crippen LogP contribution in [0.3, 0.4) is 0 Å². The number of pyridine rings is 1. The van der Waals surface area contributed by atoms with Crippen LogP contribution in [0.25, 0.3) is 22.5 Å². The minimum Gasteiger partial charge on any atom is -0.493 e. The third-order valence-electron chi connectivity index (χ3n) is 5.93. The summed E-state index contributed by atoms with van der Waals surface area (Å²) in [4.78, 5) is 17.9. The predicted molar refractivity (Wildman–Crippen MR) is 140 cm³/mol. The number of hydrogen-bond donors (Lipinski definition) is 1. The lowest BCUT2D eigenvalue weighted by Gasteiger charge is -2.18. The predicted octanol–water partition coefficient (Wildman–Crippen LogP) is 5.46. The minimum atomic E-state index is -0.311. The van der Waals surface area contributed by atoms with Crippen LogP contribution in [0.1, 0.15) is 10.4 Å². The molecule has 0 saturated carbocycles. The summed E-state index contributed by atoms with van der Waals surface area (Å²) >= 11 is 0. The normalized spacial score (nSPS) is 12.0. The van der Waals surface area contributed by atoms with Crippen molar-refractivity contribution in [3.8, 4) is 51.3 Å². The molecule has 4 aromatic rings. The summed E-state index contributed by atoms with van der Waals surface area (Å²) in [6, 6.07) is 22.4. The molecule has 1 aliphatic rings. The van der Waals surface area contributed by atoms with Crippen molar-refractivity contribution in [1.29, 1.82) is 0 Å². The van der Waals surface area contributed by atoms with E-state index in [1.807, 2.05) is 60.7 Å². The van der Waals surface area contributed by atoms with Gasteiger partial charge >= 0.3 is 0 Å². The van der Waals surface area contributed by atoms with Crippen molar-refractivity contribution >= 4 is 11.6 Å². The van der Waals surface area contributed by atoms with Gasteiger partial charge in [0.15, 0.2) is 23.0 Å². The fraction of sp³-hybridized carbons (Fsp3) is 0.172. The molecule has 1 amide bonds. The van der Waals surface area contributed by atoms with E-state index in [1.54, 1.807) is 12.1 Å². The van der Waals surface area contributed by atoms with Crippen molar-refractivity contribution < 1.29 is 28.5 Å². The van der Waals surface area contributed by atoms with Gasteiger partial charge in [0.1, 0.15) is 13.2 Å². The van der Waals surface area contributed by atoms with Gasteiger partial charge in [-0.2, -0.15) is 0 Å². The van der Waals surface area contributed by atoms with E-state index in [9.17, 15) is 4.79 Å². The molecule has 3 aromatic carbocycles. The Morgan fingerprint density at radius 1 is 0.757 bits per heavy atom. The van der Waals surface area contributed by atoms with Gasteiger partial charge < -0.3 is 29.0 Å². The van der Waals surface area contributed by atoms with Crippen LogP contribution in [0.5, 0.6) is 28.7 Å². The molecule has 8 nitrogen and oxygen atoms in total. The smallest absolute Gasteiger partial charge is 0.255 e. The van der Waals surface area contributed by atoms with Crippen LogP contribution in [0.2, 0.25) is 0 Å². The maximum Gasteiger partial charge on any atom is 0.255 e. The van der Waals surface area contributed by atoms with Crippen molar-refractivity contribution in [2.45, 2.75) is 0 Å². The lowest BCUT2D eigenvalue weighted by molar-refractivity contribution is 0.102. The maximum absolute atomic E-state index is 13.1. The van der Waals surface area contributed by atoms with Gasteiger partial charge in [-0.1, -0.05) is 18.2 Å². The third kappa shape index (κ3) is 4.99. The second kappa shape index (κ2) is 10.5. The summed E-state index contributed by atoms with van der Waals surface area (Å²) in [5.41, 5.74) is 4.37. The first-order valence-electron chi connectivity index (χ1n) is 11.7. The molecule has 2 heterocycles. The molecule has 0 aliphatic carbocycles. The van der Waals surface area contributed by atoms with Crippen molar-refractivity contribution in [3.63, 3.8) is 0 Å². The SMILES string of the molecule is COc1cc(C(=O)Nc2cccc(-c3cccc(-c4ccc5c(c4)OCCO5)n3)c2)cc(OC)c1OC. The van der Waals surface area contributed by atoms with E-state index in [4.69, 9.17) is 28.7 Å². The van der Waals surface area contributed by atoms with Crippen LogP contribution in [-0.2, 0) is 0 Å². The molecule has 0 atom stereocenters. The first-order chi connectivity index (χ1) is 18.1. The van der Waals surface area contributed by atoms with Crippen LogP contribution in [0.15, 0.2) is 72.8 Å². The molecule has 1 aromatic heterocycles. The second-order valence-electron chi connectivity index (χ2n) is 8.22. The number of methoxy groups -OCH3 is 3. The molecule has 0 bridgehead atoms. The summed E-state index contributed by atoms with van der Waals surface area (Å²) in [7, 11) is 4.53. The number of carbonyl (C=O) groups is 1. The highest BCUT2D eigenvalue weighted by atomic mass is 16.6. The number of rotatable bonds is 7. The molecule has 5 rings (SSSR count). The maximum atomic E-state index is 13.1. The zero-order valence-corrected chi connectivity index (χ0v) is 20.7. The highest BCUT2D eigenvalue weighted by Gasteiger charge is 2.18. The summed E-state index contributed by atoms with van der Waals surface area (Å²) < 4.78 is 27.4. The van der Waals surface area contributed by atoms with E-state index in [1.165, 1.54) is 21.3 Å². The second-order valence-corrected chi connectivity index (χ2v) is 8.22. The molecule has 0 unspecified atom stereocenters. The Balaban J connectivity index is 1.40. The number of amides is 1. The lowest BCUT2D eigenvalue weighted by Crippen LogP contribution is -2.15. The molecule has 0 saturated heterocycles. The number of ether oxygens (including phenoxy) is 5. The number of fused-ring (bicyclic) bond motifs is 1. The van der Waals surface area contributed by atoms with Gasteiger partial charge in [-0.3, -0.25) is 4.79 Å². The van der Waals surface area contributed by atoms with Crippen molar-refractivity contribution in [1.82, 2.24) is 4.98 Å². The number of nitrogens with one attached hydrogen (secondary N) is 1. The molecule has 188 valence electrons. The van der Waals surface area contributed by atoms with Crippen molar-refractivity contribution in [3.05, 3.63) is 78.4 Å². The Bertz CT molecular complexity index is 1430. The van der Waals surface area contributed by atoms with E-state index in [0.29, 0.717) is 47.5 Å². The third-order valence-corrected chi connectivity index (χ3v) is 5.93. The topological polar surface area (TPSA) is 88.1 Å². The number of benzene rings is 3. The van der Waals surface area contributed by atoms with Gasteiger partial charge in [-0.15, -0.1) is 0 Å². The monoisotopic (exact) mass is 498 g/mol. The molecule has 1 N–H and O–H groups in total. The van der Waals surface area contributed by atoms with Gasteiger partial charge in [0.25, 0.3) is 5.91 Å². The fourth-order valence-electron chi connectivity index (χ4n) is 4.13. The molecule has 37 heavy (non-hydrogen) atoms. The molecule has 8 heteroatoms. The molecular weight excluding hydrogens is 472 g/mol. The summed E-state index contributed by atoms with van der Waals surface area (Å²) in [6.45, 7) is 1.07. The van der Waals surface area contributed by atoms with Crippen molar-refractivity contribution in [2.24, 2.45) is 0 Å². The standard InChI is InChI=1S/C29H26N2O6/c1-33-26-16-20(17-27(34-2)28(26)35-3)29(32)30-21-7-4-6-18(14-21)22-8-5-9-23(31-22)19-10-11-24-25(15-19)37-13-12-36-24/h4-11,14-17H,12-13H2,1-3H3,(H,30,32). The highest BCUT2D eigenvalue weighted by Crippen LogP contribution is 2.38.